The maximum absolute atomic E-state index is 13.0. The van der Waals surface area contributed by atoms with Crippen LogP contribution in [0.2, 0.25) is 0 Å². The minimum Gasteiger partial charge on any atom is -0.492 e. The molecule has 3 aromatic carbocycles. The molecule has 9 heteroatoms. The van der Waals surface area contributed by atoms with Crippen LogP contribution >= 0.6 is 31.9 Å². The van der Waals surface area contributed by atoms with Gasteiger partial charge in [0.15, 0.2) is 0 Å². The third kappa shape index (κ3) is 5.47. The summed E-state index contributed by atoms with van der Waals surface area (Å²) >= 11 is 6.92. The number of halogens is 2. The first-order valence-electron chi connectivity index (χ1n) is 10.8. The molecule has 1 aliphatic rings. The van der Waals surface area contributed by atoms with Crippen LogP contribution in [0.5, 0.6) is 5.75 Å². The molecule has 0 aliphatic heterocycles. The molecule has 1 amide bonds. The quantitative estimate of drug-likeness (QED) is 0.318. The minimum atomic E-state index is -3.89. The summed E-state index contributed by atoms with van der Waals surface area (Å²) in [5.41, 5.74) is 1.99. The summed E-state index contributed by atoms with van der Waals surface area (Å²) in [6.07, 6.45) is 2.05. The summed E-state index contributed by atoms with van der Waals surface area (Å²) in [5, 5.41) is 3.03. The van der Waals surface area contributed by atoms with Crippen molar-refractivity contribution in [3.05, 3.63) is 86.8 Å². The summed E-state index contributed by atoms with van der Waals surface area (Å²) in [6, 6.07) is 19.3. The van der Waals surface area contributed by atoms with E-state index < -0.39 is 10.0 Å². The van der Waals surface area contributed by atoms with Gasteiger partial charge in [0.05, 0.1) is 6.61 Å². The monoisotopic (exact) mass is 606 g/mol. The van der Waals surface area contributed by atoms with Crippen LogP contribution < -0.4 is 14.8 Å². The van der Waals surface area contributed by atoms with Crippen LogP contribution in [0.3, 0.4) is 0 Å². The maximum atomic E-state index is 13.0. The summed E-state index contributed by atoms with van der Waals surface area (Å²) in [4.78, 5) is 12.8. The SMILES string of the molecule is CCOc1ccc(Br)cc1S(=O)(=O)Nc1ccc(C(=O)NCC2(c3ccccc3Br)CC2)cc1. The molecule has 1 aliphatic carbocycles. The molecular weight excluding hydrogens is 584 g/mol. The normalized spacial score (nSPS) is 14.3. The Bertz CT molecular complexity index is 1310. The molecule has 4 rings (SSSR count). The number of benzene rings is 3. The second-order valence-electron chi connectivity index (χ2n) is 8.15. The van der Waals surface area contributed by atoms with Crippen molar-refractivity contribution in [3.63, 3.8) is 0 Å². The highest BCUT2D eigenvalue weighted by atomic mass is 79.9. The van der Waals surface area contributed by atoms with E-state index in [0.717, 1.165) is 17.3 Å². The van der Waals surface area contributed by atoms with Gasteiger partial charge in [-0.2, -0.15) is 0 Å². The highest BCUT2D eigenvalue weighted by Gasteiger charge is 2.45. The van der Waals surface area contributed by atoms with Crippen LogP contribution in [0, 0.1) is 0 Å². The van der Waals surface area contributed by atoms with Gasteiger partial charge >= 0.3 is 0 Å². The van der Waals surface area contributed by atoms with Crippen LogP contribution in [-0.4, -0.2) is 27.5 Å². The molecule has 0 atom stereocenters. The highest BCUT2D eigenvalue weighted by Crippen LogP contribution is 2.49. The predicted molar refractivity (Wildman–Crippen MR) is 140 cm³/mol. The molecule has 0 saturated heterocycles. The van der Waals surface area contributed by atoms with Crippen molar-refractivity contribution in [2.24, 2.45) is 0 Å². The summed E-state index contributed by atoms with van der Waals surface area (Å²) in [7, 11) is -3.89. The minimum absolute atomic E-state index is 0.0342. The fraction of sp³-hybridized carbons (Fsp3) is 0.240. The van der Waals surface area contributed by atoms with E-state index in [4.69, 9.17) is 4.74 Å². The number of rotatable bonds is 9. The van der Waals surface area contributed by atoms with E-state index in [2.05, 4.69) is 48.0 Å². The van der Waals surface area contributed by atoms with Gasteiger partial charge in [-0.3, -0.25) is 9.52 Å². The summed E-state index contributed by atoms with van der Waals surface area (Å²) in [6.45, 7) is 2.68. The molecule has 0 spiro atoms. The Morgan fingerprint density at radius 2 is 1.74 bits per heavy atom. The van der Waals surface area contributed by atoms with E-state index in [0.29, 0.717) is 28.9 Å². The van der Waals surface area contributed by atoms with Crippen LogP contribution in [0.4, 0.5) is 5.69 Å². The standard InChI is InChI=1S/C25H24Br2N2O4S/c1-2-33-22-12-9-18(26)15-23(22)34(31,32)29-19-10-7-17(8-11-19)24(30)28-16-25(13-14-25)20-5-3-4-6-21(20)27/h3-12,15,29H,2,13-14,16H2,1H3,(H,28,30). The van der Waals surface area contributed by atoms with E-state index >= 15 is 0 Å². The highest BCUT2D eigenvalue weighted by molar-refractivity contribution is 9.10. The fourth-order valence-corrected chi connectivity index (χ4v) is 6.25. The Morgan fingerprint density at radius 1 is 1.03 bits per heavy atom. The second kappa shape index (κ2) is 10.1. The Kier molecular flexibility index (Phi) is 7.35. The maximum Gasteiger partial charge on any atom is 0.265 e. The third-order valence-electron chi connectivity index (χ3n) is 5.78. The van der Waals surface area contributed by atoms with E-state index in [9.17, 15) is 13.2 Å². The van der Waals surface area contributed by atoms with E-state index in [-0.39, 0.29) is 22.0 Å². The van der Waals surface area contributed by atoms with Gasteiger partial charge in [0.25, 0.3) is 15.9 Å². The number of hydrogen-bond acceptors (Lipinski definition) is 4. The molecule has 3 aromatic rings. The molecule has 178 valence electrons. The lowest BCUT2D eigenvalue weighted by Gasteiger charge is -2.18. The van der Waals surface area contributed by atoms with E-state index in [1.165, 1.54) is 11.6 Å². The van der Waals surface area contributed by atoms with Gasteiger partial charge in [0.2, 0.25) is 0 Å². The predicted octanol–water partition coefficient (Wildman–Crippen LogP) is 5.87. The molecule has 6 nitrogen and oxygen atoms in total. The molecule has 2 N–H and O–H groups in total. The number of carbonyl (C=O) groups is 1. The van der Waals surface area contributed by atoms with E-state index in [1.54, 1.807) is 43.3 Å². The average Bonchev–Trinajstić information content (AvgIpc) is 3.60. The second-order valence-corrected chi connectivity index (χ2v) is 11.6. The zero-order valence-corrected chi connectivity index (χ0v) is 22.5. The number of nitrogens with one attached hydrogen (secondary N) is 2. The zero-order chi connectivity index (χ0) is 24.3. The summed E-state index contributed by atoms with van der Waals surface area (Å²) < 4.78 is 35.6. The lowest BCUT2D eigenvalue weighted by atomic mass is 9.96. The number of hydrogen-bond donors (Lipinski definition) is 2. The Hall–Kier alpha value is -2.36. The molecule has 0 radical (unpaired) electrons. The molecule has 0 bridgehead atoms. The van der Waals surface area contributed by atoms with Crippen molar-refractivity contribution < 1.29 is 17.9 Å². The Labute approximate surface area is 216 Å². The lowest BCUT2D eigenvalue weighted by molar-refractivity contribution is 0.0949. The van der Waals surface area contributed by atoms with Gasteiger partial charge in [-0.25, -0.2) is 8.42 Å². The van der Waals surface area contributed by atoms with Crippen molar-refractivity contribution in [2.75, 3.05) is 17.9 Å². The smallest absolute Gasteiger partial charge is 0.265 e. The van der Waals surface area contributed by atoms with Crippen molar-refractivity contribution in [1.29, 1.82) is 0 Å². The van der Waals surface area contributed by atoms with Gasteiger partial charge in [0, 0.05) is 32.2 Å². The largest absolute Gasteiger partial charge is 0.492 e. The van der Waals surface area contributed by atoms with Crippen molar-refractivity contribution in [1.82, 2.24) is 5.32 Å². The van der Waals surface area contributed by atoms with E-state index in [1.807, 2.05) is 18.2 Å². The molecule has 0 aromatic heterocycles. The first-order chi connectivity index (χ1) is 16.2. The van der Waals surface area contributed by atoms with Gasteiger partial charge in [-0.05, 0) is 73.9 Å². The molecule has 0 heterocycles. The van der Waals surface area contributed by atoms with Crippen LogP contribution in [0.25, 0.3) is 0 Å². The first kappa shape index (κ1) is 24.8. The van der Waals surface area contributed by atoms with Gasteiger partial charge in [-0.15, -0.1) is 0 Å². The van der Waals surface area contributed by atoms with Crippen molar-refractivity contribution in [3.8, 4) is 5.75 Å². The topological polar surface area (TPSA) is 84.5 Å². The number of ether oxygens (including phenoxy) is 1. The van der Waals surface area contributed by atoms with Gasteiger partial charge in [-0.1, -0.05) is 50.1 Å². The van der Waals surface area contributed by atoms with Crippen LogP contribution in [0.1, 0.15) is 35.7 Å². The first-order valence-corrected chi connectivity index (χ1v) is 13.9. The molecule has 34 heavy (non-hydrogen) atoms. The van der Waals surface area contributed by atoms with Crippen molar-refractivity contribution in [2.45, 2.75) is 30.1 Å². The number of anilines is 1. The number of amides is 1. The Morgan fingerprint density at radius 3 is 2.38 bits per heavy atom. The van der Waals surface area contributed by atoms with Gasteiger partial charge in [0.1, 0.15) is 10.6 Å². The van der Waals surface area contributed by atoms with Crippen molar-refractivity contribution >= 4 is 53.5 Å². The van der Waals surface area contributed by atoms with Gasteiger partial charge < -0.3 is 10.1 Å². The third-order valence-corrected chi connectivity index (χ3v) is 8.37. The fourth-order valence-electron chi connectivity index (χ4n) is 3.80. The Balaban J connectivity index is 1.43. The number of sulfonamides is 1. The molecule has 0 unspecified atom stereocenters. The average molecular weight is 608 g/mol. The zero-order valence-electron chi connectivity index (χ0n) is 18.5. The molecule has 1 saturated carbocycles. The van der Waals surface area contributed by atoms with Crippen LogP contribution in [0.15, 0.2) is 80.6 Å². The summed E-state index contributed by atoms with van der Waals surface area (Å²) in [5.74, 6) is 0.0756. The van der Waals surface area contributed by atoms with Crippen LogP contribution in [-0.2, 0) is 15.4 Å². The lowest BCUT2D eigenvalue weighted by Crippen LogP contribution is -2.32. The number of carbonyl (C=O) groups excluding carboxylic acids is 1. The molecule has 1 fully saturated rings. The molecular formula is C25H24Br2N2O4S.